The van der Waals surface area contributed by atoms with Crippen LogP contribution in [0.15, 0.2) is 48.7 Å². The summed E-state index contributed by atoms with van der Waals surface area (Å²) in [4.78, 5) is 17.0. The summed E-state index contributed by atoms with van der Waals surface area (Å²) in [5, 5.41) is 0. The Kier molecular flexibility index (Phi) is 3.51. The van der Waals surface area contributed by atoms with Gasteiger partial charge in [0, 0.05) is 17.4 Å². The van der Waals surface area contributed by atoms with Crippen LogP contribution in [-0.4, -0.2) is 29.6 Å². The predicted molar refractivity (Wildman–Crippen MR) is 82.1 cm³/mol. The molecule has 1 fully saturated rings. The van der Waals surface area contributed by atoms with Crippen LogP contribution < -0.4 is 10.6 Å². The van der Waals surface area contributed by atoms with E-state index in [1.54, 1.807) is 36.5 Å². The minimum absolute atomic E-state index is 0.162. The van der Waals surface area contributed by atoms with Crippen molar-refractivity contribution in [1.29, 1.82) is 0 Å². The molecule has 1 saturated heterocycles. The average Bonchev–Trinajstić information content (AvgIpc) is 2.51. The number of primary amides is 1. The lowest BCUT2D eigenvalue weighted by Gasteiger charge is -2.42. The minimum Gasteiger partial charge on any atom is -0.366 e. The third kappa shape index (κ3) is 2.91. The number of halogens is 1. The number of rotatable bonds is 2. The molecule has 3 rings (SSSR count). The fourth-order valence-electron chi connectivity index (χ4n) is 2.29. The number of pyridine rings is 1. The molecule has 2 heterocycles. The van der Waals surface area contributed by atoms with Crippen LogP contribution in [0.3, 0.4) is 0 Å². The van der Waals surface area contributed by atoms with E-state index in [4.69, 9.17) is 5.73 Å². The molecule has 0 unspecified atom stereocenters. The predicted octanol–water partition coefficient (Wildman–Crippen LogP) is 1.76. The molecule has 1 aromatic carbocycles. The summed E-state index contributed by atoms with van der Waals surface area (Å²) in [6, 6.07) is 12.2. The number of hydrogen-bond donors (Lipinski definition) is 1. The molecule has 4 nitrogen and oxygen atoms in total. The smallest absolute Gasteiger partial charge is 0.248 e. The summed E-state index contributed by atoms with van der Waals surface area (Å²) in [6.07, 6.45) is 1.62. The van der Waals surface area contributed by atoms with Gasteiger partial charge in [-0.05, 0) is 36.3 Å². The first-order chi connectivity index (χ1) is 10.6. The van der Waals surface area contributed by atoms with E-state index in [9.17, 15) is 9.18 Å². The quantitative estimate of drug-likeness (QED) is 0.859. The van der Waals surface area contributed by atoms with Crippen molar-refractivity contribution in [3.05, 3.63) is 59.9 Å². The number of benzene rings is 1. The van der Waals surface area contributed by atoms with Crippen LogP contribution in [0.5, 0.6) is 0 Å². The van der Waals surface area contributed by atoms with Gasteiger partial charge in [0.05, 0.1) is 13.1 Å². The zero-order chi connectivity index (χ0) is 15.6. The molecule has 2 N–H and O–H groups in total. The molecular formula is C17H14FN3O. The molecule has 0 spiro atoms. The van der Waals surface area contributed by atoms with Crippen LogP contribution in [0.2, 0.25) is 0 Å². The van der Waals surface area contributed by atoms with Gasteiger partial charge < -0.3 is 10.6 Å². The fourth-order valence-corrected chi connectivity index (χ4v) is 2.29. The average molecular weight is 295 g/mol. The molecule has 110 valence electrons. The molecule has 22 heavy (non-hydrogen) atoms. The van der Waals surface area contributed by atoms with E-state index in [-0.39, 0.29) is 13.1 Å². The van der Waals surface area contributed by atoms with Crippen molar-refractivity contribution in [1.82, 2.24) is 4.98 Å². The molecule has 0 radical (unpaired) electrons. The number of amides is 1. The first-order valence-corrected chi connectivity index (χ1v) is 6.84. The second-order valence-corrected chi connectivity index (χ2v) is 5.20. The summed E-state index contributed by atoms with van der Waals surface area (Å²) in [7, 11) is 0. The van der Waals surface area contributed by atoms with Crippen LogP contribution in [0.25, 0.3) is 0 Å². The van der Waals surface area contributed by atoms with Gasteiger partial charge in [-0.3, -0.25) is 4.79 Å². The second kappa shape index (κ2) is 5.49. The zero-order valence-electron chi connectivity index (χ0n) is 11.8. The number of carbonyl (C=O) groups is 1. The third-order valence-corrected chi connectivity index (χ3v) is 3.46. The van der Waals surface area contributed by atoms with Gasteiger partial charge in [0.2, 0.25) is 11.6 Å². The number of nitrogens with two attached hydrogens (primary N) is 1. The Labute approximate surface area is 127 Å². The van der Waals surface area contributed by atoms with Gasteiger partial charge >= 0.3 is 0 Å². The Bertz CT molecular complexity index is 758. The van der Waals surface area contributed by atoms with E-state index in [2.05, 4.69) is 16.8 Å². The Morgan fingerprint density at radius 2 is 2.09 bits per heavy atom. The normalized spacial score (nSPS) is 15.4. The molecule has 1 aromatic heterocycles. The number of alkyl halides is 1. The van der Waals surface area contributed by atoms with E-state index >= 15 is 0 Å². The van der Waals surface area contributed by atoms with Crippen molar-refractivity contribution < 1.29 is 9.18 Å². The monoisotopic (exact) mass is 295 g/mol. The van der Waals surface area contributed by atoms with E-state index in [0.717, 1.165) is 5.69 Å². The molecule has 1 amide bonds. The van der Waals surface area contributed by atoms with Crippen molar-refractivity contribution in [2.75, 3.05) is 18.0 Å². The lowest BCUT2D eigenvalue weighted by Crippen LogP contribution is -2.58. The fraction of sp³-hybridized carbons (Fsp3) is 0.176. The lowest BCUT2D eigenvalue weighted by atomic mass is 9.95. The lowest BCUT2D eigenvalue weighted by molar-refractivity contribution is 0.100. The van der Waals surface area contributed by atoms with Gasteiger partial charge in [0.25, 0.3) is 0 Å². The summed E-state index contributed by atoms with van der Waals surface area (Å²) in [6.45, 7) is 0.324. The summed E-state index contributed by atoms with van der Waals surface area (Å²) in [5.74, 6) is 4.89. The zero-order valence-corrected chi connectivity index (χ0v) is 11.8. The molecule has 0 bridgehead atoms. The van der Waals surface area contributed by atoms with Gasteiger partial charge in [-0.2, -0.15) is 0 Å². The summed E-state index contributed by atoms with van der Waals surface area (Å²) >= 11 is 0. The van der Waals surface area contributed by atoms with Crippen molar-refractivity contribution >= 4 is 11.6 Å². The topological polar surface area (TPSA) is 59.2 Å². The largest absolute Gasteiger partial charge is 0.366 e. The highest BCUT2D eigenvalue weighted by atomic mass is 19.1. The van der Waals surface area contributed by atoms with Crippen molar-refractivity contribution in [3.63, 3.8) is 0 Å². The third-order valence-electron chi connectivity index (χ3n) is 3.46. The first kappa shape index (κ1) is 14.1. The van der Waals surface area contributed by atoms with Crippen molar-refractivity contribution in [2.45, 2.75) is 5.67 Å². The van der Waals surface area contributed by atoms with Crippen LogP contribution in [0, 0.1) is 11.8 Å². The number of aromatic nitrogens is 1. The van der Waals surface area contributed by atoms with Gasteiger partial charge in [-0.15, -0.1) is 0 Å². The van der Waals surface area contributed by atoms with Crippen molar-refractivity contribution in [2.24, 2.45) is 5.73 Å². The molecule has 1 aliphatic heterocycles. The number of nitrogens with zero attached hydrogens (tertiary/aromatic N) is 2. The van der Waals surface area contributed by atoms with Gasteiger partial charge in [0.15, 0.2) is 0 Å². The number of hydrogen-bond acceptors (Lipinski definition) is 3. The highest BCUT2D eigenvalue weighted by molar-refractivity contribution is 5.93. The van der Waals surface area contributed by atoms with Crippen molar-refractivity contribution in [3.8, 4) is 11.8 Å². The highest BCUT2D eigenvalue weighted by Gasteiger charge is 2.42. The maximum atomic E-state index is 14.5. The van der Waals surface area contributed by atoms with Crippen LogP contribution in [0.1, 0.15) is 16.1 Å². The van der Waals surface area contributed by atoms with Gasteiger partial charge in [-0.25, -0.2) is 9.37 Å². The molecule has 1 aliphatic rings. The molecule has 2 aromatic rings. The first-order valence-electron chi connectivity index (χ1n) is 6.84. The Hall–Kier alpha value is -2.87. The summed E-state index contributed by atoms with van der Waals surface area (Å²) < 4.78 is 14.5. The van der Waals surface area contributed by atoms with E-state index in [1.165, 1.54) is 0 Å². The maximum Gasteiger partial charge on any atom is 0.248 e. The SMILES string of the molecule is NC(=O)c1cccc(N2CC(F)(C#Cc3ccccn3)C2)c1. The summed E-state index contributed by atoms with van der Waals surface area (Å²) in [5.41, 5.74) is 5.42. The van der Waals surface area contributed by atoms with Gasteiger partial charge in [0.1, 0.15) is 5.69 Å². The van der Waals surface area contributed by atoms with Crippen LogP contribution in [-0.2, 0) is 0 Å². The highest BCUT2D eigenvalue weighted by Crippen LogP contribution is 2.30. The van der Waals surface area contributed by atoms with Crippen LogP contribution >= 0.6 is 0 Å². The molecule has 0 saturated carbocycles. The molecular weight excluding hydrogens is 281 g/mol. The molecule has 0 atom stereocenters. The number of carbonyl (C=O) groups excluding carboxylic acids is 1. The molecule has 0 aliphatic carbocycles. The molecule has 5 heteroatoms. The maximum absolute atomic E-state index is 14.5. The van der Waals surface area contributed by atoms with Gasteiger partial charge in [-0.1, -0.05) is 18.1 Å². The standard InChI is InChI=1S/C17H14FN3O/c18-17(8-7-14-5-1-2-9-20-14)11-21(12-17)15-6-3-4-13(10-15)16(19)22/h1-6,9-10H,11-12H2,(H2,19,22). The van der Waals surface area contributed by atoms with E-state index in [0.29, 0.717) is 11.3 Å². The number of anilines is 1. The van der Waals surface area contributed by atoms with E-state index < -0.39 is 11.6 Å². The minimum atomic E-state index is -1.56. The van der Waals surface area contributed by atoms with E-state index in [1.807, 2.05) is 17.0 Å². The Morgan fingerprint density at radius 1 is 1.27 bits per heavy atom. The Morgan fingerprint density at radius 3 is 2.77 bits per heavy atom. The Balaban J connectivity index is 1.70. The van der Waals surface area contributed by atoms with Crippen LogP contribution in [0.4, 0.5) is 10.1 Å². The second-order valence-electron chi connectivity index (χ2n) is 5.20.